The number of pyridine rings is 1. The van der Waals surface area contributed by atoms with Gasteiger partial charge in [-0.1, -0.05) is 12.8 Å². The van der Waals surface area contributed by atoms with Gasteiger partial charge < -0.3 is 25.3 Å². The zero-order valence-electron chi connectivity index (χ0n) is 21.2. The molecule has 38 heavy (non-hydrogen) atoms. The van der Waals surface area contributed by atoms with Gasteiger partial charge in [0.15, 0.2) is 0 Å². The maximum absolute atomic E-state index is 12.8. The van der Waals surface area contributed by atoms with E-state index in [1.807, 2.05) is 18.2 Å². The second-order valence-corrected chi connectivity index (χ2v) is 11.4. The number of nitrogens with one attached hydrogen (secondary N) is 3. The van der Waals surface area contributed by atoms with Crippen molar-refractivity contribution in [2.75, 3.05) is 23.8 Å². The monoisotopic (exact) mass is 514 g/mol. The number of anilines is 3. The van der Waals surface area contributed by atoms with Crippen molar-refractivity contribution in [3.05, 3.63) is 36.3 Å². The molecule has 3 N–H and O–H groups in total. The Balaban J connectivity index is 1.03. The van der Waals surface area contributed by atoms with Crippen LogP contribution in [0.3, 0.4) is 0 Å². The molecule has 4 atom stereocenters. The number of hydrogen-bond acceptors (Lipinski definition) is 8. The number of aromatic nitrogens is 4. The second kappa shape index (κ2) is 7.66. The Morgan fingerprint density at radius 3 is 2.71 bits per heavy atom. The van der Waals surface area contributed by atoms with E-state index in [1.165, 1.54) is 6.42 Å². The smallest absolute Gasteiger partial charge is 0.415 e. The fourth-order valence-electron chi connectivity index (χ4n) is 7.79. The molecule has 3 saturated carbocycles. The molecule has 11 nitrogen and oxygen atoms in total. The fraction of sp³-hybridized carbons (Fsp3) is 0.519. The highest BCUT2D eigenvalue weighted by atomic mass is 16.6. The van der Waals surface area contributed by atoms with E-state index in [4.69, 9.17) is 9.72 Å². The van der Waals surface area contributed by atoms with E-state index in [9.17, 15) is 9.59 Å². The molecule has 0 aromatic carbocycles. The summed E-state index contributed by atoms with van der Waals surface area (Å²) in [5.41, 5.74) is 1.87. The van der Waals surface area contributed by atoms with E-state index >= 15 is 0 Å². The van der Waals surface area contributed by atoms with Gasteiger partial charge in [-0.3, -0.25) is 9.69 Å². The number of nitrogens with zero attached hydrogens (tertiary/aromatic N) is 5. The van der Waals surface area contributed by atoms with Crippen molar-refractivity contribution < 1.29 is 14.3 Å². The molecule has 2 amide bonds. The van der Waals surface area contributed by atoms with Gasteiger partial charge in [-0.15, -0.1) is 0 Å². The van der Waals surface area contributed by atoms with E-state index in [0.717, 1.165) is 55.2 Å². The number of piperidine rings is 2. The van der Waals surface area contributed by atoms with Crippen molar-refractivity contribution in [1.29, 1.82) is 0 Å². The Labute approximate surface area is 219 Å². The molecule has 2 aliphatic heterocycles. The maximum atomic E-state index is 12.8. The molecule has 2 spiro atoms. The molecule has 11 heteroatoms. The van der Waals surface area contributed by atoms with Crippen LogP contribution in [0.15, 0.2) is 30.6 Å². The first kappa shape index (κ1) is 22.3. The molecule has 8 rings (SSSR count). The Hall–Kier alpha value is -3.73. The summed E-state index contributed by atoms with van der Waals surface area (Å²) >= 11 is 0. The second-order valence-electron chi connectivity index (χ2n) is 11.4. The summed E-state index contributed by atoms with van der Waals surface area (Å²) in [5.74, 6) is 0.860. The van der Waals surface area contributed by atoms with Crippen LogP contribution in [0, 0.1) is 5.41 Å². The number of carbonyl (C=O) groups is 2. The van der Waals surface area contributed by atoms with Gasteiger partial charge in [0.05, 0.1) is 18.4 Å². The summed E-state index contributed by atoms with van der Waals surface area (Å²) in [7, 11) is 1.64. The van der Waals surface area contributed by atoms with Gasteiger partial charge in [-0.05, 0) is 43.9 Å². The van der Waals surface area contributed by atoms with Gasteiger partial charge in [0.2, 0.25) is 5.95 Å². The summed E-state index contributed by atoms with van der Waals surface area (Å²) in [6.07, 6.45) is 10.7. The standard InChI is InChI=1S/C27H30N8O3/c1-28-23(36)18-10-15-12-30-24(33-22(15)35(18)16-4-2-3-5-16)32-21-7-6-17(13-29-21)34-14-26(38-25(34)37)11-20-27(26)9-8-19(27)31-20/h6-7,10,12-13,16,19-20,31H,2-5,8-9,11,14H2,1H3,(H,28,36)(H,29,30,32,33). The number of amides is 2. The lowest BCUT2D eigenvalue weighted by Crippen LogP contribution is -2.91. The van der Waals surface area contributed by atoms with Crippen LogP contribution in [0.4, 0.5) is 22.2 Å². The van der Waals surface area contributed by atoms with Crippen LogP contribution < -0.4 is 20.9 Å². The third-order valence-electron chi connectivity index (χ3n) is 9.82. The third kappa shape index (κ3) is 2.79. The first-order valence-corrected chi connectivity index (χ1v) is 13.6. The number of hydrogen-bond donors (Lipinski definition) is 3. The SMILES string of the molecule is CNC(=O)c1cc2cnc(Nc3ccc(N4CC5(CC6NC7CCC765)OC4=O)cn3)nc2n1C1CCCC1. The molecular weight excluding hydrogens is 484 g/mol. The first-order chi connectivity index (χ1) is 18.5. The Morgan fingerprint density at radius 2 is 2.03 bits per heavy atom. The summed E-state index contributed by atoms with van der Waals surface area (Å²) in [6, 6.07) is 6.81. The van der Waals surface area contributed by atoms with Crippen LogP contribution in [0.1, 0.15) is 61.5 Å². The number of fused-ring (bicyclic) bond motifs is 1. The zero-order valence-corrected chi connectivity index (χ0v) is 21.2. The van der Waals surface area contributed by atoms with Crippen LogP contribution >= 0.6 is 0 Å². The largest absolute Gasteiger partial charge is 0.440 e. The van der Waals surface area contributed by atoms with Gasteiger partial charge in [0, 0.05) is 48.6 Å². The van der Waals surface area contributed by atoms with E-state index in [-0.39, 0.29) is 29.1 Å². The molecule has 4 unspecified atom stereocenters. The Kier molecular flexibility index (Phi) is 4.49. The molecule has 3 aromatic rings. The highest BCUT2D eigenvalue weighted by molar-refractivity contribution is 5.98. The average Bonchev–Trinajstić information content (AvgIpc) is 3.63. The van der Waals surface area contributed by atoms with Crippen LogP contribution in [-0.4, -0.2) is 62.8 Å². The zero-order chi connectivity index (χ0) is 25.6. The predicted octanol–water partition coefficient (Wildman–Crippen LogP) is 3.26. The lowest BCUT2D eigenvalue weighted by Gasteiger charge is -2.77. The highest BCUT2D eigenvalue weighted by Gasteiger charge is 2.82. The molecule has 0 bridgehead atoms. The minimum atomic E-state index is -0.356. The van der Waals surface area contributed by atoms with Gasteiger partial charge in [-0.2, -0.15) is 4.98 Å². The van der Waals surface area contributed by atoms with Gasteiger partial charge in [0.1, 0.15) is 22.8 Å². The summed E-state index contributed by atoms with van der Waals surface area (Å²) < 4.78 is 8.07. The van der Waals surface area contributed by atoms with Crippen molar-refractivity contribution in [3.8, 4) is 0 Å². The first-order valence-electron chi connectivity index (χ1n) is 13.6. The maximum Gasteiger partial charge on any atom is 0.415 e. The topological polar surface area (TPSA) is 126 Å². The lowest BCUT2D eigenvalue weighted by molar-refractivity contribution is -0.284. The molecule has 2 saturated heterocycles. The molecule has 5 heterocycles. The van der Waals surface area contributed by atoms with Crippen molar-refractivity contribution in [1.82, 2.24) is 30.2 Å². The molecule has 3 aromatic heterocycles. The third-order valence-corrected chi connectivity index (χ3v) is 9.82. The Morgan fingerprint density at radius 1 is 1.16 bits per heavy atom. The van der Waals surface area contributed by atoms with Crippen LogP contribution in [0.25, 0.3) is 11.0 Å². The summed E-state index contributed by atoms with van der Waals surface area (Å²) in [6.45, 7) is 0.584. The summed E-state index contributed by atoms with van der Waals surface area (Å²) in [4.78, 5) is 40.9. The fourth-order valence-corrected chi connectivity index (χ4v) is 7.79. The summed E-state index contributed by atoms with van der Waals surface area (Å²) in [5, 5.41) is 10.4. The van der Waals surface area contributed by atoms with Crippen molar-refractivity contribution in [2.24, 2.45) is 5.41 Å². The van der Waals surface area contributed by atoms with Crippen LogP contribution in [0.2, 0.25) is 0 Å². The molecule has 5 fully saturated rings. The minimum Gasteiger partial charge on any atom is -0.440 e. The normalized spacial score (nSPS) is 31.3. The van der Waals surface area contributed by atoms with E-state index in [1.54, 1.807) is 24.3 Å². The van der Waals surface area contributed by atoms with Gasteiger partial charge in [0.25, 0.3) is 5.91 Å². The molecular formula is C27H30N8O3. The van der Waals surface area contributed by atoms with E-state index in [0.29, 0.717) is 36.1 Å². The number of carbonyl (C=O) groups excluding carboxylic acids is 2. The molecule has 5 aliphatic rings. The van der Waals surface area contributed by atoms with Crippen LogP contribution in [0.5, 0.6) is 0 Å². The highest BCUT2D eigenvalue weighted by Crippen LogP contribution is 2.70. The predicted molar refractivity (Wildman–Crippen MR) is 139 cm³/mol. The number of ether oxygens (including phenoxy) is 1. The van der Waals surface area contributed by atoms with Gasteiger partial charge >= 0.3 is 6.09 Å². The molecule has 196 valence electrons. The number of rotatable bonds is 5. The quantitative estimate of drug-likeness (QED) is 0.474. The van der Waals surface area contributed by atoms with Crippen molar-refractivity contribution in [2.45, 2.75) is 68.7 Å². The van der Waals surface area contributed by atoms with E-state index in [2.05, 4.69) is 30.5 Å². The van der Waals surface area contributed by atoms with Crippen LogP contribution in [-0.2, 0) is 4.74 Å². The average molecular weight is 515 g/mol. The van der Waals surface area contributed by atoms with E-state index < -0.39 is 0 Å². The molecule has 0 radical (unpaired) electrons. The Bertz CT molecular complexity index is 1480. The molecule has 3 aliphatic carbocycles. The minimum absolute atomic E-state index is 0.123. The van der Waals surface area contributed by atoms with Gasteiger partial charge in [-0.25, -0.2) is 14.8 Å². The van der Waals surface area contributed by atoms with Crippen molar-refractivity contribution >= 4 is 40.5 Å². The van der Waals surface area contributed by atoms with Crippen molar-refractivity contribution in [3.63, 3.8) is 0 Å². The lowest BCUT2D eigenvalue weighted by atomic mass is 9.37.